The number of benzene rings is 2. The number of alkyl halides is 3. The Kier molecular flexibility index (Phi) is 3.35. The quantitative estimate of drug-likeness (QED) is 0.672. The summed E-state index contributed by atoms with van der Waals surface area (Å²) in [6, 6.07) is 8.87. The molecule has 0 fully saturated rings. The highest BCUT2D eigenvalue weighted by atomic mass is 19.4. The zero-order valence-electron chi connectivity index (χ0n) is 11.4. The van der Waals surface area contributed by atoms with E-state index < -0.39 is 23.5 Å². The number of aromatic nitrogens is 1. The Hall–Kier alpha value is -2.83. The van der Waals surface area contributed by atoms with Crippen LogP contribution >= 0.6 is 0 Å². The summed E-state index contributed by atoms with van der Waals surface area (Å²) in [6.45, 7) is 0. The lowest BCUT2D eigenvalue weighted by atomic mass is 10.0. The Bertz CT molecular complexity index is 912. The fraction of sp³-hybridized carbons (Fsp3) is 0.0625. The first kappa shape index (κ1) is 15.1. The molecule has 0 aliphatic carbocycles. The lowest BCUT2D eigenvalue weighted by Crippen LogP contribution is -2.07. The number of aromatic amines is 1. The molecule has 3 nitrogen and oxygen atoms in total. The van der Waals surface area contributed by atoms with Crippen LogP contribution < -0.4 is 0 Å². The van der Waals surface area contributed by atoms with Crippen molar-refractivity contribution in [1.29, 1.82) is 0 Å². The number of carboxylic acid groups (broad SMARTS) is 1. The smallest absolute Gasteiger partial charge is 0.419 e. The van der Waals surface area contributed by atoms with E-state index >= 15 is 0 Å². The Labute approximate surface area is 127 Å². The SMILES string of the molecule is O=C(O)c1cc2ccc(-c3ccc(C(F)(F)F)c(F)c3)cc2[nH]1. The van der Waals surface area contributed by atoms with E-state index in [1.807, 2.05) is 0 Å². The Morgan fingerprint density at radius 2 is 1.65 bits per heavy atom. The molecule has 2 N–H and O–H groups in total. The molecule has 0 spiro atoms. The summed E-state index contributed by atoms with van der Waals surface area (Å²) in [4.78, 5) is 13.6. The lowest BCUT2D eigenvalue weighted by Gasteiger charge is -2.09. The van der Waals surface area contributed by atoms with Gasteiger partial charge in [0.2, 0.25) is 0 Å². The molecule has 2 aromatic carbocycles. The normalized spacial score (nSPS) is 11.8. The Morgan fingerprint density at radius 3 is 2.26 bits per heavy atom. The first-order chi connectivity index (χ1) is 10.8. The lowest BCUT2D eigenvalue weighted by molar-refractivity contribution is -0.139. The molecule has 23 heavy (non-hydrogen) atoms. The summed E-state index contributed by atoms with van der Waals surface area (Å²) in [5, 5.41) is 9.57. The van der Waals surface area contributed by atoms with Crippen LogP contribution in [-0.2, 0) is 6.18 Å². The second-order valence-electron chi connectivity index (χ2n) is 4.98. The van der Waals surface area contributed by atoms with Crippen molar-refractivity contribution in [2.45, 2.75) is 6.18 Å². The van der Waals surface area contributed by atoms with Crippen LogP contribution in [0.1, 0.15) is 16.1 Å². The fourth-order valence-corrected chi connectivity index (χ4v) is 2.35. The minimum atomic E-state index is -4.75. The maximum atomic E-state index is 13.7. The monoisotopic (exact) mass is 323 g/mol. The van der Waals surface area contributed by atoms with Crippen molar-refractivity contribution in [2.75, 3.05) is 0 Å². The number of aromatic carboxylic acids is 1. The Morgan fingerprint density at radius 1 is 1.00 bits per heavy atom. The molecule has 0 amide bonds. The van der Waals surface area contributed by atoms with Crippen LogP contribution in [0.5, 0.6) is 0 Å². The zero-order valence-corrected chi connectivity index (χ0v) is 11.4. The van der Waals surface area contributed by atoms with E-state index in [9.17, 15) is 22.4 Å². The van der Waals surface area contributed by atoms with E-state index in [-0.39, 0.29) is 11.3 Å². The average Bonchev–Trinajstić information content (AvgIpc) is 2.89. The van der Waals surface area contributed by atoms with Gasteiger partial charge in [0.05, 0.1) is 5.56 Å². The van der Waals surface area contributed by atoms with E-state index in [4.69, 9.17) is 5.11 Å². The third-order valence-corrected chi connectivity index (χ3v) is 3.46. The van der Waals surface area contributed by atoms with Crippen molar-refractivity contribution in [2.24, 2.45) is 0 Å². The summed E-state index contributed by atoms with van der Waals surface area (Å²) in [6.07, 6.45) is -4.75. The molecule has 0 atom stereocenters. The number of hydrogen-bond donors (Lipinski definition) is 2. The van der Waals surface area contributed by atoms with Gasteiger partial charge in [0.25, 0.3) is 0 Å². The number of carbonyl (C=O) groups is 1. The predicted molar refractivity (Wildman–Crippen MR) is 75.7 cm³/mol. The molecule has 0 radical (unpaired) electrons. The number of carboxylic acids is 1. The largest absolute Gasteiger partial charge is 0.477 e. The van der Waals surface area contributed by atoms with Crippen LogP contribution in [0.25, 0.3) is 22.0 Å². The molecular weight excluding hydrogens is 314 g/mol. The third-order valence-electron chi connectivity index (χ3n) is 3.46. The van der Waals surface area contributed by atoms with E-state index in [0.29, 0.717) is 22.5 Å². The average molecular weight is 323 g/mol. The highest BCUT2D eigenvalue weighted by Crippen LogP contribution is 2.34. The van der Waals surface area contributed by atoms with E-state index in [0.717, 1.165) is 6.07 Å². The molecule has 0 saturated carbocycles. The van der Waals surface area contributed by atoms with Crippen LogP contribution in [0.4, 0.5) is 17.6 Å². The van der Waals surface area contributed by atoms with Gasteiger partial charge in [0.1, 0.15) is 11.5 Å². The molecule has 118 valence electrons. The van der Waals surface area contributed by atoms with E-state index in [1.54, 1.807) is 18.2 Å². The van der Waals surface area contributed by atoms with Crippen molar-refractivity contribution in [3.05, 3.63) is 59.5 Å². The molecule has 0 aliphatic heterocycles. The highest BCUT2D eigenvalue weighted by Gasteiger charge is 2.33. The second kappa shape index (κ2) is 5.12. The standard InChI is InChI=1S/C16H9F4NO2/c17-12-5-8(3-4-11(12)16(18,19)20)9-1-2-10-7-14(15(22)23)21-13(10)6-9/h1-7,21H,(H,22,23). The number of fused-ring (bicyclic) bond motifs is 1. The van der Waals surface area contributed by atoms with Crippen molar-refractivity contribution >= 4 is 16.9 Å². The van der Waals surface area contributed by atoms with Crippen LogP contribution in [0.2, 0.25) is 0 Å². The number of hydrogen-bond acceptors (Lipinski definition) is 1. The predicted octanol–water partition coefficient (Wildman–Crippen LogP) is 4.69. The summed E-state index contributed by atoms with van der Waals surface area (Å²) in [5.74, 6) is -2.48. The zero-order chi connectivity index (χ0) is 16.8. The number of H-pyrrole nitrogens is 1. The summed E-state index contributed by atoms with van der Waals surface area (Å²) in [5.41, 5.74) is -0.0842. The summed E-state index contributed by atoms with van der Waals surface area (Å²) in [7, 11) is 0. The first-order valence-corrected chi connectivity index (χ1v) is 6.49. The molecule has 1 heterocycles. The van der Waals surface area contributed by atoms with Crippen LogP contribution in [0, 0.1) is 5.82 Å². The third kappa shape index (κ3) is 2.77. The molecule has 0 saturated heterocycles. The van der Waals surface area contributed by atoms with Gasteiger partial charge in [-0.25, -0.2) is 9.18 Å². The number of rotatable bonds is 2. The van der Waals surface area contributed by atoms with Gasteiger partial charge in [-0.15, -0.1) is 0 Å². The van der Waals surface area contributed by atoms with E-state index in [1.165, 1.54) is 12.1 Å². The van der Waals surface area contributed by atoms with Crippen molar-refractivity contribution in [1.82, 2.24) is 4.98 Å². The van der Waals surface area contributed by atoms with Crippen molar-refractivity contribution in [3.63, 3.8) is 0 Å². The van der Waals surface area contributed by atoms with E-state index in [2.05, 4.69) is 4.98 Å². The summed E-state index contributed by atoms with van der Waals surface area (Å²) < 4.78 is 51.4. The molecule has 3 aromatic rings. The second-order valence-corrected chi connectivity index (χ2v) is 4.98. The molecule has 0 unspecified atom stereocenters. The first-order valence-electron chi connectivity index (χ1n) is 6.49. The van der Waals surface area contributed by atoms with Crippen LogP contribution in [0.15, 0.2) is 42.5 Å². The van der Waals surface area contributed by atoms with Gasteiger partial charge >= 0.3 is 12.1 Å². The summed E-state index contributed by atoms with van der Waals surface area (Å²) >= 11 is 0. The number of nitrogens with one attached hydrogen (secondary N) is 1. The molecule has 7 heteroatoms. The van der Waals surface area contributed by atoms with Crippen molar-refractivity contribution < 1.29 is 27.5 Å². The van der Waals surface area contributed by atoms with Gasteiger partial charge in [-0.1, -0.05) is 18.2 Å². The highest BCUT2D eigenvalue weighted by molar-refractivity contribution is 5.95. The molecule has 3 rings (SSSR count). The topological polar surface area (TPSA) is 53.1 Å². The van der Waals surface area contributed by atoms with Gasteiger partial charge < -0.3 is 10.1 Å². The van der Waals surface area contributed by atoms with Crippen molar-refractivity contribution in [3.8, 4) is 11.1 Å². The van der Waals surface area contributed by atoms with Gasteiger partial charge in [-0.3, -0.25) is 0 Å². The maximum Gasteiger partial charge on any atom is 0.419 e. The minimum absolute atomic E-state index is 0.00394. The number of halogens is 4. The van der Waals surface area contributed by atoms with Crippen LogP contribution in [0.3, 0.4) is 0 Å². The van der Waals surface area contributed by atoms with Gasteiger partial charge in [-0.2, -0.15) is 13.2 Å². The fourth-order valence-electron chi connectivity index (χ4n) is 2.35. The van der Waals surface area contributed by atoms with Crippen LogP contribution in [-0.4, -0.2) is 16.1 Å². The van der Waals surface area contributed by atoms with Gasteiger partial charge in [-0.05, 0) is 35.4 Å². The molecule has 0 aliphatic rings. The maximum absolute atomic E-state index is 13.7. The molecular formula is C16H9F4NO2. The molecule has 0 bridgehead atoms. The Balaban J connectivity index is 2.06. The minimum Gasteiger partial charge on any atom is -0.477 e. The molecule has 1 aromatic heterocycles. The van der Waals surface area contributed by atoms with Gasteiger partial charge in [0, 0.05) is 10.9 Å². The van der Waals surface area contributed by atoms with Gasteiger partial charge in [0.15, 0.2) is 0 Å².